The summed E-state index contributed by atoms with van der Waals surface area (Å²) < 4.78 is 1.35. The molecule has 0 heterocycles. The molecule has 0 aliphatic heterocycles. The molecule has 0 aliphatic carbocycles. The molecule has 0 aliphatic rings. The Kier molecular flexibility index (Phi) is 1.94. The first kappa shape index (κ1) is 6.13. The molecule has 0 N–H and O–H groups in total. The zero-order valence-electron chi connectivity index (χ0n) is 4.72. The van der Waals surface area contributed by atoms with E-state index in [0.29, 0.717) is 0 Å². The molecule has 0 saturated heterocycles. The molecule has 1 aromatic rings. The Bertz CT molecular complexity index is 164. The standard InChI is InChI=1S/C7H7Te/c1-6-3-2-4-7(8)5-6/h2-5H,1H3. The fourth-order valence-corrected chi connectivity index (χ4v) is 1.37. The van der Waals surface area contributed by atoms with Crippen LogP contribution in [0.25, 0.3) is 0 Å². The average molecular weight is 219 g/mol. The first-order chi connectivity index (χ1) is 3.79. The van der Waals surface area contributed by atoms with Crippen LogP contribution in [0.3, 0.4) is 0 Å². The molecule has 0 unspecified atom stereocenters. The Balaban J connectivity index is 3.08. The zero-order chi connectivity index (χ0) is 5.98. The van der Waals surface area contributed by atoms with Crippen LogP contribution < -0.4 is 3.61 Å². The summed E-state index contributed by atoms with van der Waals surface area (Å²) in [5.41, 5.74) is 1.34. The molecule has 8 heavy (non-hydrogen) atoms. The Morgan fingerprint density at radius 1 is 1.38 bits per heavy atom. The second kappa shape index (κ2) is 2.53. The van der Waals surface area contributed by atoms with Crippen molar-refractivity contribution in [2.24, 2.45) is 0 Å². The van der Waals surface area contributed by atoms with Crippen molar-refractivity contribution in [2.45, 2.75) is 6.92 Å². The van der Waals surface area contributed by atoms with Gasteiger partial charge < -0.3 is 0 Å². The van der Waals surface area contributed by atoms with Crippen LogP contribution in [0.4, 0.5) is 0 Å². The molecule has 41 valence electrons. The van der Waals surface area contributed by atoms with Gasteiger partial charge >= 0.3 is 62.7 Å². The molecule has 0 saturated carbocycles. The van der Waals surface area contributed by atoms with Crippen LogP contribution in [0, 0.1) is 6.92 Å². The quantitative estimate of drug-likeness (QED) is 0.565. The van der Waals surface area contributed by atoms with Crippen LogP contribution in [0.15, 0.2) is 24.3 Å². The van der Waals surface area contributed by atoms with Crippen LogP contribution in [0.2, 0.25) is 0 Å². The number of aryl methyl sites for hydroxylation is 1. The first-order valence-corrected chi connectivity index (χ1v) is 3.69. The van der Waals surface area contributed by atoms with Crippen LogP contribution in [0.5, 0.6) is 0 Å². The van der Waals surface area contributed by atoms with Crippen molar-refractivity contribution in [3.63, 3.8) is 0 Å². The maximum atomic E-state index is 2.17. The Labute approximate surface area is 62.8 Å². The summed E-state index contributed by atoms with van der Waals surface area (Å²) >= 11 is 2.04. The van der Waals surface area contributed by atoms with Crippen molar-refractivity contribution in [1.29, 1.82) is 0 Å². The van der Waals surface area contributed by atoms with E-state index in [2.05, 4.69) is 31.2 Å². The molecule has 0 aromatic heterocycles. The number of rotatable bonds is 0. The minimum atomic E-state index is 1.34. The van der Waals surface area contributed by atoms with Gasteiger partial charge in [-0.1, -0.05) is 0 Å². The van der Waals surface area contributed by atoms with Gasteiger partial charge in [0.05, 0.1) is 0 Å². The SMILES string of the molecule is Cc1cccc([Te])c1. The van der Waals surface area contributed by atoms with E-state index in [1.54, 1.807) is 0 Å². The van der Waals surface area contributed by atoms with Crippen molar-refractivity contribution >= 4 is 25.9 Å². The van der Waals surface area contributed by atoms with Crippen LogP contribution >= 0.6 is 0 Å². The molecule has 0 nitrogen and oxygen atoms in total. The molecule has 0 fully saturated rings. The fourth-order valence-electron chi connectivity index (χ4n) is 0.615. The third kappa shape index (κ3) is 1.51. The molecule has 1 heteroatoms. The fraction of sp³-hybridized carbons (Fsp3) is 0.143. The normalized spacial score (nSPS) is 9.12. The van der Waals surface area contributed by atoms with Gasteiger partial charge in [0.1, 0.15) is 0 Å². The molecule has 1 rings (SSSR count). The van der Waals surface area contributed by atoms with E-state index < -0.39 is 0 Å². The summed E-state index contributed by atoms with van der Waals surface area (Å²) in [6.45, 7) is 2.11. The average Bonchev–Trinajstić information content (AvgIpc) is 1.64. The number of hydrogen-bond acceptors (Lipinski definition) is 0. The van der Waals surface area contributed by atoms with Gasteiger partial charge in [0.2, 0.25) is 0 Å². The molecular weight excluding hydrogens is 212 g/mol. The molecular formula is C7H7Te. The van der Waals surface area contributed by atoms with E-state index >= 15 is 0 Å². The van der Waals surface area contributed by atoms with Crippen molar-refractivity contribution < 1.29 is 0 Å². The van der Waals surface area contributed by atoms with Crippen molar-refractivity contribution in [1.82, 2.24) is 0 Å². The number of hydrogen-bond donors (Lipinski definition) is 0. The third-order valence-corrected chi connectivity index (χ3v) is 1.71. The second-order valence-electron chi connectivity index (χ2n) is 1.82. The predicted molar refractivity (Wildman–Crippen MR) is 36.6 cm³/mol. The summed E-state index contributed by atoms with van der Waals surface area (Å²) in [4.78, 5) is 0. The Morgan fingerprint density at radius 3 is 2.50 bits per heavy atom. The number of benzene rings is 1. The second-order valence-corrected chi connectivity index (χ2v) is 3.16. The third-order valence-electron chi connectivity index (χ3n) is 0.990. The Morgan fingerprint density at radius 2 is 2.12 bits per heavy atom. The van der Waals surface area contributed by atoms with E-state index in [1.165, 1.54) is 9.17 Å². The van der Waals surface area contributed by atoms with Crippen molar-refractivity contribution in [3.8, 4) is 0 Å². The van der Waals surface area contributed by atoms with Gasteiger partial charge in [-0.2, -0.15) is 0 Å². The van der Waals surface area contributed by atoms with Crippen LogP contribution in [-0.2, 0) is 0 Å². The van der Waals surface area contributed by atoms with Gasteiger partial charge in [0.15, 0.2) is 0 Å². The van der Waals surface area contributed by atoms with E-state index in [4.69, 9.17) is 0 Å². The van der Waals surface area contributed by atoms with Crippen molar-refractivity contribution in [3.05, 3.63) is 29.8 Å². The van der Waals surface area contributed by atoms with Crippen molar-refractivity contribution in [2.75, 3.05) is 0 Å². The summed E-state index contributed by atoms with van der Waals surface area (Å²) in [5.74, 6) is 0. The summed E-state index contributed by atoms with van der Waals surface area (Å²) in [6, 6.07) is 8.46. The molecule has 0 amide bonds. The first-order valence-electron chi connectivity index (χ1n) is 2.53. The molecule has 1 radical (unpaired) electrons. The molecule has 0 atom stereocenters. The molecule has 0 bridgehead atoms. The van der Waals surface area contributed by atoms with Crippen LogP contribution in [0.1, 0.15) is 5.56 Å². The van der Waals surface area contributed by atoms with E-state index in [0.717, 1.165) is 0 Å². The topological polar surface area (TPSA) is 0 Å². The van der Waals surface area contributed by atoms with Gasteiger partial charge in [-0.05, 0) is 0 Å². The summed E-state index contributed by atoms with van der Waals surface area (Å²) in [7, 11) is 0. The van der Waals surface area contributed by atoms with E-state index in [-0.39, 0.29) is 0 Å². The Hall–Kier alpha value is 0.00961. The summed E-state index contributed by atoms with van der Waals surface area (Å²) in [6.07, 6.45) is 0. The molecule has 1 aromatic carbocycles. The van der Waals surface area contributed by atoms with Gasteiger partial charge in [-0.3, -0.25) is 0 Å². The van der Waals surface area contributed by atoms with Gasteiger partial charge in [0, 0.05) is 0 Å². The van der Waals surface area contributed by atoms with Gasteiger partial charge in [-0.25, -0.2) is 0 Å². The predicted octanol–water partition coefficient (Wildman–Crippen LogP) is 0.789. The monoisotopic (exact) mass is 221 g/mol. The van der Waals surface area contributed by atoms with E-state index in [9.17, 15) is 0 Å². The molecule has 0 spiro atoms. The zero-order valence-corrected chi connectivity index (χ0v) is 7.05. The van der Waals surface area contributed by atoms with Gasteiger partial charge in [-0.15, -0.1) is 0 Å². The van der Waals surface area contributed by atoms with Gasteiger partial charge in [0.25, 0.3) is 0 Å². The van der Waals surface area contributed by atoms with E-state index in [1.807, 2.05) is 22.3 Å². The summed E-state index contributed by atoms with van der Waals surface area (Å²) in [5, 5.41) is 0. The van der Waals surface area contributed by atoms with Crippen LogP contribution in [-0.4, -0.2) is 22.3 Å². The minimum absolute atomic E-state index is 1.34. The maximum absolute atomic E-state index is 2.17.